The zero-order valence-electron chi connectivity index (χ0n) is 12.5. The van der Waals surface area contributed by atoms with Crippen LogP contribution >= 0.6 is 11.3 Å². The van der Waals surface area contributed by atoms with Gasteiger partial charge < -0.3 is 10.4 Å². The standard InChI is InChI=1S/C15H25N3O2S/c19-11-10-17-6-2-7-18(9-8-17)13-15(20)16-5-4-14-3-1-12-21-14/h1,3,12,19H,2,4-11,13H2,(H,16,20). The molecule has 0 bridgehead atoms. The number of nitrogens with one attached hydrogen (secondary N) is 1. The number of hydrogen-bond acceptors (Lipinski definition) is 5. The van der Waals surface area contributed by atoms with Crippen LogP contribution in [-0.2, 0) is 11.2 Å². The lowest BCUT2D eigenvalue weighted by Gasteiger charge is -2.20. The highest BCUT2D eigenvalue weighted by Crippen LogP contribution is 2.08. The van der Waals surface area contributed by atoms with E-state index in [4.69, 9.17) is 5.11 Å². The molecule has 2 heterocycles. The quantitative estimate of drug-likeness (QED) is 0.766. The third-order valence-corrected chi connectivity index (χ3v) is 4.67. The summed E-state index contributed by atoms with van der Waals surface area (Å²) in [6, 6.07) is 4.14. The van der Waals surface area contributed by atoms with Crippen molar-refractivity contribution in [2.24, 2.45) is 0 Å². The van der Waals surface area contributed by atoms with Crippen LogP contribution < -0.4 is 5.32 Å². The summed E-state index contributed by atoms with van der Waals surface area (Å²) in [5, 5.41) is 14.0. The minimum absolute atomic E-state index is 0.113. The van der Waals surface area contributed by atoms with Gasteiger partial charge in [-0.2, -0.15) is 0 Å². The number of carbonyl (C=O) groups is 1. The van der Waals surface area contributed by atoms with Crippen LogP contribution in [0.25, 0.3) is 0 Å². The van der Waals surface area contributed by atoms with Crippen LogP contribution in [0.1, 0.15) is 11.3 Å². The lowest BCUT2D eigenvalue weighted by molar-refractivity contribution is -0.122. The zero-order valence-corrected chi connectivity index (χ0v) is 13.3. The smallest absolute Gasteiger partial charge is 0.234 e. The first-order chi connectivity index (χ1) is 10.3. The number of carbonyl (C=O) groups excluding carboxylic acids is 1. The Kier molecular flexibility index (Phi) is 7.15. The average molecular weight is 311 g/mol. The fourth-order valence-electron chi connectivity index (χ4n) is 2.59. The molecule has 118 valence electrons. The van der Waals surface area contributed by atoms with Gasteiger partial charge in [0.2, 0.25) is 5.91 Å². The summed E-state index contributed by atoms with van der Waals surface area (Å²) in [6.07, 6.45) is 1.97. The lowest BCUT2D eigenvalue weighted by Crippen LogP contribution is -2.40. The molecular weight excluding hydrogens is 286 g/mol. The van der Waals surface area contributed by atoms with E-state index in [0.717, 1.165) is 45.6 Å². The molecule has 1 fully saturated rings. The summed E-state index contributed by atoms with van der Waals surface area (Å²) in [4.78, 5) is 17.7. The Hall–Kier alpha value is -0.950. The van der Waals surface area contributed by atoms with Crippen molar-refractivity contribution >= 4 is 17.2 Å². The molecule has 0 aromatic carbocycles. The molecule has 1 amide bonds. The Bertz CT molecular complexity index is 411. The van der Waals surface area contributed by atoms with Crippen molar-refractivity contribution in [3.63, 3.8) is 0 Å². The molecule has 2 rings (SSSR count). The van der Waals surface area contributed by atoms with E-state index >= 15 is 0 Å². The van der Waals surface area contributed by atoms with E-state index in [2.05, 4.69) is 26.6 Å². The van der Waals surface area contributed by atoms with Crippen molar-refractivity contribution in [3.05, 3.63) is 22.4 Å². The Morgan fingerprint density at radius 1 is 1.29 bits per heavy atom. The molecule has 1 aliphatic rings. The third kappa shape index (κ3) is 6.13. The molecule has 21 heavy (non-hydrogen) atoms. The minimum Gasteiger partial charge on any atom is -0.395 e. The summed E-state index contributed by atoms with van der Waals surface area (Å²) in [7, 11) is 0. The van der Waals surface area contributed by atoms with Crippen LogP contribution in [-0.4, -0.2) is 73.2 Å². The monoisotopic (exact) mass is 311 g/mol. The molecule has 1 aromatic heterocycles. The molecule has 6 heteroatoms. The SMILES string of the molecule is O=C(CN1CCCN(CCO)CC1)NCCc1cccs1. The second kappa shape index (κ2) is 9.15. The maximum absolute atomic E-state index is 12.0. The molecule has 0 unspecified atom stereocenters. The second-order valence-electron chi connectivity index (χ2n) is 5.37. The van der Waals surface area contributed by atoms with Gasteiger partial charge in [-0.05, 0) is 37.4 Å². The van der Waals surface area contributed by atoms with Crippen LogP contribution in [0, 0.1) is 0 Å². The van der Waals surface area contributed by atoms with E-state index in [1.165, 1.54) is 4.88 Å². The summed E-state index contributed by atoms with van der Waals surface area (Å²) in [5.74, 6) is 0.113. The molecule has 0 saturated carbocycles. The summed E-state index contributed by atoms with van der Waals surface area (Å²) < 4.78 is 0. The Balaban J connectivity index is 1.63. The molecule has 0 radical (unpaired) electrons. The topological polar surface area (TPSA) is 55.8 Å². The number of β-amino-alcohol motifs (C(OH)–C–C–N with tert-alkyl or cyclic N) is 1. The maximum atomic E-state index is 12.0. The Morgan fingerprint density at radius 2 is 2.10 bits per heavy atom. The van der Waals surface area contributed by atoms with Gasteiger partial charge in [0.15, 0.2) is 0 Å². The summed E-state index contributed by atoms with van der Waals surface area (Å²) >= 11 is 1.73. The number of rotatable bonds is 7. The van der Waals surface area contributed by atoms with Crippen molar-refractivity contribution < 1.29 is 9.90 Å². The van der Waals surface area contributed by atoms with E-state index < -0.39 is 0 Å². The molecule has 0 aliphatic carbocycles. The first-order valence-corrected chi connectivity index (χ1v) is 8.50. The van der Waals surface area contributed by atoms with E-state index in [1.54, 1.807) is 11.3 Å². The minimum atomic E-state index is 0.113. The molecule has 5 nitrogen and oxygen atoms in total. The van der Waals surface area contributed by atoms with Gasteiger partial charge in [-0.1, -0.05) is 6.07 Å². The number of aliphatic hydroxyl groups is 1. The molecule has 1 aliphatic heterocycles. The average Bonchev–Trinajstić information content (AvgIpc) is 2.88. The van der Waals surface area contributed by atoms with Gasteiger partial charge in [0.1, 0.15) is 0 Å². The van der Waals surface area contributed by atoms with Gasteiger partial charge in [-0.25, -0.2) is 0 Å². The van der Waals surface area contributed by atoms with Gasteiger partial charge in [-0.15, -0.1) is 11.3 Å². The molecule has 2 N–H and O–H groups in total. The predicted octanol–water partition coefficient (Wildman–Crippen LogP) is 0.407. The van der Waals surface area contributed by atoms with Gasteiger partial charge in [0.05, 0.1) is 13.2 Å². The highest BCUT2D eigenvalue weighted by atomic mass is 32.1. The van der Waals surface area contributed by atoms with Gasteiger partial charge >= 0.3 is 0 Å². The predicted molar refractivity (Wildman–Crippen MR) is 85.6 cm³/mol. The van der Waals surface area contributed by atoms with Crippen molar-refractivity contribution in [2.75, 3.05) is 52.4 Å². The Labute approximate surface area is 130 Å². The van der Waals surface area contributed by atoms with Gasteiger partial charge in [-0.3, -0.25) is 14.6 Å². The fourth-order valence-corrected chi connectivity index (χ4v) is 3.30. The van der Waals surface area contributed by atoms with Crippen LogP contribution in [0.15, 0.2) is 17.5 Å². The molecule has 1 saturated heterocycles. The fraction of sp³-hybridized carbons (Fsp3) is 0.667. The van der Waals surface area contributed by atoms with E-state index in [1.807, 2.05) is 6.07 Å². The zero-order chi connectivity index (χ0) is 14.9. The molecule has 1 aromatic rings. The lowest BCUT2D eigenvalue weighted by atomic mass is 10.3. The summed E-state index contributed by atoms with van der Waals surface area (Å²) in [6.45, 7) is 5.95. The maximum Gasteiger partial charge on any atom is 0.234 e. The van der Waals surface area contributed by atoms with Crippen molar-refractivity contribution in [3.8, 4) is 0 Å². The van der Waals surface area contributed by atoms with Crippen LogP contribution in [0.5, 0.6) is 0 Å². The number of hydrogen-bond donors (Lipinski definition) is 2. The van der Waals surface area contributed by atoms with Crippen LogP contribution in [0.4, 0.5) is 0 Å². The number of amides is 1. The van der Waals surface area contributed by atoms with Crippen molar-refractivity contribution in [1.82, 2.24) is 15.1 Å². The van der Waals surface area contributed by atoms with Crippen molar-refractivity contribution in [2.45, 2.75) is 12.8 Å². The summed E-state index contributed by atoms with van der Waals surface area (Å²) in [5.41, 5.74) is 0. The second-order valence-corrected chi connectivity index (χ2v) is 6.41. The van der Waals surface area contributed by atoms with E-state index in [9.17, 15) is 4.79 Å². The molecule has 0 atom stereocenters. The van der Waals surface area contributed by atoms with Crippen LogP contribution in [0.2, 0.25) is 0 Å². The highest BCUT2D eigenvalue weighted by Gasteiger charge is 2.16. The first kappa shape index (κ1) is 16.4. The third-order valence-electron chi connectivity index (χ3n) is 3.74. The molecular formula is C15H25N3O2S. The highest BCUT2D eigenvalue weighted by molar-refractivity contribution is 7.09. The van der Waals surface area contributed by atoms with Gasteiger partial charge in [0, 0.05) is 31.1 Å². The van der Waals surface area contributed by atoms with Gasteiger partial charge in [0.25, 0.3) is 0 Å². The van der Waals surface area contributed by atoms with E-state index in [-0.39, 0.29) is 12.5 Å². The normalized spacial score (nSPS) is 17.6. The Morgan fingerprint density at radius 3 is 2.86 bits per heavy atom. The first-order valence-electron chi connectivity index (χ1n) is 7.62. The number of nitrogens with zero attached hydrogens (tertiary/aromatic N) is 2. The van der Waals surface area contributed by atoms with E-state index in [0.29, 0.717) is 13.1 Å². The van der Waals surface area contributed by atoms with Crippen LogP contribution in [0.3, 0.4) is 0 Å². The number of thiophene rings is 1. The number of aliphatic hydroxyl groups excluding tert-OH is 1. The molecule has 0 spiro atoms. The largest absolute Gasteiger partial charge is 0.395 e. The van der Waals surface area contributed by atoms with Crippen molar-refractivity contribution in [1.29, 1.82) is 0 Å².